The van der Waals surface area contributed by atoms with Crippen molar-refractivity contribution in [2.24, 2.45) is 5.92 Å². The van der Waals surface area contributed by atoms with Crippen LogP contribution in [0.25, 0.3) is 10.9 Å². The number of hydrogen-bond donors (Lipinski definition) is 2. The second kappa shape index (κ2) is 7.41. The predicted molar refractivity (Wildman–Crippen MR) is 119 cm³/mol. The topological polar surface area (TPSA) is 137 Å². The first-order chi connectivity index (χ1) is 16.0. The highest BCUT2D eigenvalue weighted by Crippen LogP contribution is 2.48. The maximum atomic E-state index is 12.8. The van der Waals surface area contributed by atoms with Crippen LogP contribution < -0.4 is 16.0 Å². The summed E-state index contributed by atoms with van der Waals surface area (Å²) < 4.78 is 12.2. The molecule has 170 valence electrons. The van der Waals surface area contributed by atoms with Crippen LogP contribution in [0.4, 0.5) is 22.0 Å². The van der Waals surface area contributed by atoms with Crippen molar-refractivity contribution in [3.63, 3.8) is 0 Å². The number of carbonyl (C=O) groups excluding carboxylic acids is 2. The van der Waals surface area contributed by atoms with Crippen LogP contribution >= 0.6 is 0 Å². The van der Waals surface area contributed by atoms with E-state index in [4.69, 9.17) is 15.2 Å². The Morgan fingerprint density at radius 2 is 2.06 bits per heavy atom. The molecule has 2 amide bonds. The zero-order valence-corrected chi connectivity index (χ0v) is 18.0. The molecule has 1 saturated carbocycles. The fourth-order valence-electron chi connectivity index (χ4n) is 4.44. The number of ether oxygens (including phenoxy) is 2. The van der Waals surface area contributed by atoms with Gasteiger partial charge in [-0.1, -0.05) is 0 Å². The van der Waals surface area contributed by atoms with Gasteiger partial charge in [0.15, 0.2) is 5.82 Å². The summed E-state index contributed by atoms with van der Waals surface area (Å²) in [5.41, 5.74) is 8.75. The van der Waals surface area contributed by atoms with Crippen molar-refractivity contribution < 1.29 is 19.1 Å². The van der Waals surface area contributed by atoms with E-state index in [-0.39, 0.29) is 23.8 Å². The number of rotatable bonds is 5. The van der Waals surface area contributed by atoms with E-state index in [1.165, 1.54) is 0 Å². The molecule has 1 aliphatic carbocycles. The molecular formula is C22H23N7O4. The lowest BCUT2D eigenvalue weighted by Crippen LogP contribution is -2.30. The molecule has 3 atom stereocenters. The Hall–Kier alpha value is -3.73. The van der Waals surface area contributed by atoms with Crippen molar-refractivity contribution in [1.82, 2.24) is 20.0 Å². The standard InChI is InChI=1S/C22H23N7O4/c1-11-8-33-22(31)29(11)14-2-12-3-19(26-27-20(12)18(23)4-14)25-21(30)17-5-16(17)13-6-24-28(7-13)15-9-32-10-15/h2-4,6-7,11,15-17H,5,8-10,23H2,1H3,(H,25,26,30)/t11-,16+,17-/m0/s1. The second-order valence-corrected chi connectivity index (χ2v) is 8.88. The molecule has 4 heterocycles. The Kier molecular flexibility index (Phi) is 4.47. The Morgan fingerprint density at radius 1 is 1.21 bits per heavy atom. The maximum Gasteiger partial charge on any atom is 0.414 e. The number of cyclic esters (lactones) is 1. The largest absolute Gasteiger partial charge is 0.447 e. The third-order valence-electron chi connectivity index (χ3n) is 6.49. The molecule has 11 heteroatoms. The van der Waals surface area contributed by atoms with Crippen LogP contribution in [-0.2, 0) is 14.3 Å². The van der Waals surface area contributed by atoms with E-state index in [2.05, 4.69) is 20.6 Å². The molecule has 2 aliphatic heterocycles. The Morgan fingerprint density at radius 3 is 2.79 bits per heavy atom. The van der Waals surface area contributed by atoms with Gasteiger partial charge in [0.25, 0.3) is 0 Å². The minimum Gasteiger partial charge on any atom is -0.447 e. The van der Waals surface area contributed by atoms with Gasteiger partial charge in [0, 0.05) is 17.5 Å². The van der Waals surface area contributed by atoms with Gasteiger partial charge in [0.2, 0.25) is 5.91 Å². The van der Waals surface area contributed by atoms with Gasteiger partial charge in [0.05, 0.1) is 42.9 Å². The van der Waals surface area contributed by atoms with Crippen molar-refractivity contribution in [2.45, 2.75) is 31.3 Å². The number of benzene rings is 1. The van der Waals surface area contributed by atoms with Gasteiger partial charge in [-0.3, -0.25) is 14.4 Å². The van der Waals surface area contributed by atoms with Crippen molar-refractivity contribution in [3.05, 3.63) is 36.2 Å². The molecule has 3 aromatic rings. The average molecular weight is 449 g/mol. The molecule has 2 aromatic heterocycles. The van der Waals surface area contributed by atoms with E-state index < -0.39 is 6.09 Å². The Balaban J connectivity index is 1.19. The average Bonchev–Trinajstić information content (AvgIpc) is 3.29. The SMILES string of the molecule is C[C@H]1COC(=O)N1c1cc(N)c2nnc(NC(=O)[C@H]3C[C@@H]3c3cnn(C4COC4)c3)cc2c1. The molecule has 33 heavy (non-hydrogen) atoms. The fraction of sp³-hybridized carbons (Fsp3) is 0.409. The highest BCUT2D eigenvalue weighted by atomic mass is 16.6. The van der Waals surface area contributed by atoms with Crippen LogP contribution in [0.1, 0.15) is 30.9 Å². The zero-order chi connectivity index (χ0) is 22.7. The molecule has 0 spiro atoms. The summed E-state index contributed by atoms with van der Waals surface area (Å²) >= 11 is 0. The van der Waals surface area contributed by atoms with E-state index in [0.717, 1.165) is 12.0 Å². The predicted octanol–water partition coefficient (Wildman–Crippen LogP) is 2.07. The molecule has 0 radical (unpaired) electrons. The van der Waals surface area contributed by atoms with Crippen molar-refractivity contribution in [2.75, 3.05) is 35.8 Å². The second-order valence-electron chi connectivity index (χ2n) is 8.88. The summed E-state index contributed by atoms with van der Waals surface area (Å²) in [5, 5.41) is 16.3. The van der Waals surface area contributed by atoms with Gasteiger partial charge in [0.1, 0.15) is 12.1 Å². The lowest BCUT2D eigenvalue weighted by atomic mass is 10.1. The fourth-order valence-corrected chi connectivity index (χ4v) is 4.44. The lowest BCUT2D eigenvalue weighted by molar-refractivity contribution is -0.117. The smallest absolute Gasteiger partial charge is 0.414 e. The van der Waals surface area contributed by atoms with Crippen molar-refractivity contribution in [1.29, 1.82) is 0 Å². The van der Waals surface area contributed by atoms with Gasteiger partial charge in [-0.15, -0.1) is 10.2 Å². The van der Waals surface area contributed by atoms with Crippen LogP contribution in [0.3, 0.4) is 0 Å². The van der Waals surface area contributed by atoms with Crippen LogP contribution in [0.15, 0.2) is 30.6 Å². The summed E-state index contributed by atoms with van der Waals surface area (Å²) in [5.74, 6) is 0.260. The molecule has 3 aliphatic rings. The lowest BCUT2D eigenvalue weighted by Gasteiger charge is -2.25. The summed E-state index contributed by atoms with van der Waals surface area (Å²) in [4.78, 5) is 26.5. The van der Waals surface area contributed by atoms with Crippen LogP contribution in [-0.4, -0.2) is 57.8 Å². The molecule has 0 unspecified atom stereocenters. The number of fused-ring (bicyclic) bond motifs is 1. The van der Waals surface area contributed by atoms with Gasteiger partial charge in [-0.2, -0.15) is 5.10 Å². The Labute approximate surface area is 188 Å². The number of nitrogen functional groups attached to an aromatic ring is 1. The number of carbonyl (C=O) groups is 2. The zero-order valence-electron chi connectivity index (χ0n) is 18.0. The number of nitrogens with one attached hydrogen (secondary N) is 1. The third kappa shape index (κ3) is 3.44. The van der Waals surface area contributed by atoms with Gasteiger partial charge < -0.3 is 20.5 Å². The minimum atomic E-state index is -0.412. The highest BCUT2D eigenvalue weighted by molar-refractivity contribution is 6.00. The molecular weight excluding hydrogens is 426 g/mol. The molecule has 6 rings (SSSR count). The molecule has 2 saturated heterocycles. The first-order valence-electron chi connectivity index (χ1n) is 10.9. The maximum absolute atomic E-state index is 12.8. The summed E-state index contributed by atoms with van der Waals surface area (Å²) in [6, 6.07) is 5.40. The van der Waals surface area contributed by atoms with Crippen LogP contribution in [0.5, 0.6) is 0 Å². The molecule has 11 nitrogen and oxygen atoms in total. The van der Waals surface area contributed by atoms with Gasteiger partial charge >= 0.3 is 6.09 Å². The van der Waals surface area contributed by atoms with E-state index in [1.54, 1.807) is 23.1 Å². The van der Waals surface area contributed by atoms with E-state index in [1.807, 2.05) is 24.0 Å². The minimum absolute atomic E-state index is 0.101. The number of anilines is 3. The summed E-state index contributed by atoms with van der Waals surface area (Å²) in [6.07, 6.45) is 4.20. The first-order valence-corrected chi connectivity index (χ1v) is 10.9. The molecule has 3 N–H and O–H groups in total. The monoisotopic (exact) mass is 449 g/mol. The van der Waals surface area contributed by atoms with Gasteiger partial charge in [-0.05, 0) is 43.0 Å². The number of amides is 2. The Bertz CT molecular complexity index is 1270. The summed E-state index contributed by atoms with van der Waals surface area (Å²) in [6.45, 7) is 3.58. The van der Waals surface area contributed by atoms with Crippen molar-refractivity contribution >= 4 is 40.1 Å². The molecule has 1 aromatic carbocycles. The molecule has 0 bridgehead atoms. The van der Waals surface area contributed by atoms with Crippen LogP contribution in [0.2, 0.25) is 0 Å². The summed E-state index contributed by atoms with van der Waals surface area (Å²) in [7, 11) is 0. The number of hydrogen-bond acceptors (Lipinski definition) is 8. The normalized spacial score (nSPS) is 24.6. The van der Waals surface area contributed by atoms with Crippen LogP contribution in [0, 0.1) is 5.92 Å². The van der Waals surface area contributed by atoms with Gasteiger partial charge in [-0.25, -0.2) is 4.79 Å². The highest BCUT2D eigenvalue weighted by Gasteiger charge is 2.45. The van der Waals surface area contributed by atoms with Crippen molar-refractivity contribution in [3.8, 4) is 0 Å². The third-order valence-corrected chi connectivity index (χ3v) is 6.49. The quantitative estimate of drug-likeness (QED) is 0.565. The first kappa shape index (κ1) is 19.9. The van der Waals surface area contributed by atoms with E-state index in [9.17, 15) is 9.59 Å². The number of aromatic nitrogens is 4. The number of nitrogens with zero attached hydrogens (tertiary/aromatic N) is 5. The van der Waals surface area contributed by atoms with E-state index >= 15 is 0 Å². The number of nitrogens with two attached hydrogens (primary N) is 1. The molecule has 3 fully saturated rings. The van der Waals surface area contributed by atoms with E-state index in [0.29, 0.717) is 54.0 Å².